The van der Waals surface area contributed by atoms with Gasteiger partial charge in [-0.25, -0.2) is 0 Å². The molecule has 1 fully saturated rings. The second kappa shape index (κ2) is 8.33. The van der Waals surface area contributed by atoms with Crippen molar-refractivity contribution in [2.45, 2.75) is 24.3 Å². The Balaban J connectivity index is 1.81. The van der Waals surface area contributed by atoms with E-state index in [2.05, 4.69) is 17.5 Å². The average molecular weight is 372 g/mol. The van der Waals surface area contributed by atoms with Crippen molar-refractivity contribution in [2.75, 3.05) is 13.1 Å². The molecule has 2 unspecified atom stereocenters. The lowest BCUT2D eigenvalue weighted by atomic mass is 10.1. The molecule has 0 aliphatic carbocycles. The Labute approximate surface area is 157 Å². The number of benzene rings is 2. The van der Waals surface area contributed by atoms with Crippen molar-refractivity contribution in [1.29, 1.82) is 0 Å². The minimum Gasteiger partial charge on any atom is -0.488 e. The number of hydrogen-bond acceptors (Lipinski definition) is 6. The molecule has 2 aromatic carbocycles. The maximum atomic E-state index is 11.8. The zero-order valence-electron chi connectivity index (χ0n) is 14.2. The van der Waals surface area contributed by atoms with E-state index in [1.807, 2.05) is 18.2 Å². The first-order valence-electron chi connectivity index (χ1n) is 8.41. The van der Waals surface area contributed by atoms with Gasteiger partial charge in [0.15, 0.2) is 0 Å². The highest BCUT2D eigenvalue weighted by Crippen LogP contribution is 2.32. The molecule has 0 saturated carbocycles. The molecule has 26 heavy (non-hydrogen) atoms. The van der Waals surface area contributed by atoms with Gasteiger partial charge >= 0.3 is 0 Å². The number of thiol groups is 1. The molecule has 0 amide bonds. The topological polar surface area (TPSA) is 72.7 Å². The fraction of sp³-hybridized carbons (Fsp3) is 0.316. The van der Waals surface area contributed by atoms with E-state index >= 15 is 0 Å². The van der Waals surface area contributed by atoms with E-state index < -0.39 is 11.0 Å². The lowest BCUT2D eigenvalue weighted by Gasteiger charge is -2.25. The quantitative estimate of drug-likeness (QED) is 0.349. The van der Waals surface area contributed by atoms with Crippen molar-refractivity contribution in [3.8, 4) is 5.75 Å². The molecular formula is C19H20N2O4S. The minimum atomic E-state index is -0.421. The summed E-state index contributed by atoms with van der Waals surface area (Å²) in [6.45, 7) is 1.61. The van der Waals surface area contributed by atoms with Crippen molar-refractivity contribution in [3.05, 3.63) is 69.8 Å². The summed E-state index contributed by atoms with van der Waals surface area (Å²) in [5, 5.41) is 11.4. The Morgan fingerprint density at radius 3 is 2.69 bits per heavy atom. The number of nitrogens with zero attached hydrogens (tertiary/aromatic N) is 2. The van der Waals surface area contributed by atoms with Crippen LogP contribution >= 0.6 is 12.6 Å². The van der Waals surface area contributed by atoms with Crippen LogP contribution in [0.2, 0.25) is 0 Å². The third kappa shape index (κ3) is 4.05. The Morgan fingerprint density at radius 2 is 2.00 bits per heavy atom. The highest BCUT2D eigenvalue weighted by atomic mass is 32.1. The minimum absolute atomic E-state index is 0.0226. The fourth-order valence-electron chi connectivity index (χ4n) is 3.20. The molecule has 0 bridgehead atoms. The number of aldehydes is 1. The average Bonchev–Trinajstić information content (AvgIpc) is 3.07. The summed E-state index contributed by atoms with van der Waals surface area (Å²) in [6, 6.07) is 13.4. The summed E-state index contributed by atoms with van der Waals surface area (Å²) in [6.07, 6.45) is 1.85. The monoisotopic (exact) mass is 372 g/mol. The number of ether oxygens (including phenoxy) is 1. The van der Waals surface area contributed by atoms with Gasteiger partial charge in [-0.05, 0) is 18.6 Å². The van der Waals surface area contributed by atoms with Gasteiger partial charge in [-0.2, -0.15) is 12.6 Å². The van der Waals surface area contributed by atoms with E-state index in [0.29, 0.717) is 11.3 Å². The summed E-state index contributed by atoms with van der Waals surface area (Å²) < 4.78 is 5.87. The van der Waals surface area contributed by atoms with E-state index in [-0.39, 0.29) is 17.5 Å². The SMILES string of the molecule is O=CC(c1ccccc1OCc1ccccc1[N+](=O)[O-])N1CCC(S)C1. The van der Waals surface area contributed by atoms with Gasteiger partial charge < -0.3 is 9.53 Å². The Morgan fingerprint density at radius 1 is 1.27 bits per heavy atom. The van der Waals surface area contributed by atoms with Crippen molar-refractivity contribution in [3.63, 3.8) is 0 Å². The van der Waals surface area contributed by atoms with Crippen LogP contribution in [0, 0.1) is 10.1 Å². The van der Waals surface area contributed by atoms with Crippen molar-refractivity contribution in [1.82, 2.24) is 4.90 Å². The molecule has 0 aromatic heterocycles. The normalized spacial score (nSPS) is 18.4. The first-order chi connectivity index (χ1) is 12.6. The third-order valence-electron chi connectivity index (χ3n) is 4.53. The van der Waals surface area contributed by atoms with Crippen LogP contribution in [0.25, 0.3) is 0 Å². The maximum Gasteiger partial charge on any atom is 0.276 e. The number of rotatable bonds is 7. The van der Waals surface area contributed by atoms with Crippen LogP contribution in [-0.4, -0.2) is 34.4 Å². The van der Waals surface area contributed by atoms with Crippen LogP contribution in [-0.2, 0) is 11.4 Å². The van der Waals surface area contributed by atoms with Crippen LogP contribution in [0.15, 0.2) is 48.5 Å². The van der Waals surface area contributed by atoms with Crippen molar-refractivity contribution >= 4 is 24.6 Å². The van der Waals surface area contributed by atoms with Gasteiger partial charge in [-0.1, -0.05) is 30.3 Å². The highest BCUT2D eigenvalue weighted by molar-refractivity contribution is 7.81. The first-order valence-corrected chi connectivity index (χ1v) is 8.93. The van der Waals surface area contributed by atoms with Gasteiger partial charge in [0.25, 0.3) is 5.69 Å². The number of carbonyl (C=O) groups is 1. The predicted molar refractivity (Wildman–Crippen MR) is 102 cm³/mol. The second-order valence-electron chi connectivity index (χ2n) is 6.23. The smallest absolute Gasteiger partial charge is 0.276 e. The van der Waals surface area contributed by atoms with Crippen LogP contribution in [0.4, 0.5) is 5.69 Å². The highest BCUT2D eigenvalue weighted by Gasteiger charge is 2.29. The molecular weight excluding hydrogens is 352 g/mol. The number of carbonyl (C=O) groups excluding carboxylic acids is 1. The van der Waals surface area contributed by atoms with E-state index in [1.54, 1.807) is 24.3 Å². The van der Waals surface area contributed by atoms with Crippen LogP contribution in [0.1, 0.15) is 23.6 Å². The van der Waals surface area contributed by atoms with Gasteiger partial charge in [0.2, 0.25) is 0 Å². The van der Waals surface area contributed by atoms with Gasteiger partial charge in [0, 0.05) is 30.0 Å². The molecule has 2 atom stereocenters. The van der Waals surface area contributed by atoms with E-state index in [1.165, 1.54) is 6.07 Å². The summed E-state index contributed by atoms with van der Waals surface area (Å²) in [7, 11) is 0. The van der Waals surface area contributed by atoms with Gasteiger partial charge in [0.05, 0.1) is 16.5 Å². The molecule has 136 valence electrons. The third-order valence-corrected chi connectivity index (χ3v) is 4.95. The van der Waals surface area contributed by atoms with Crippen LogP contribution in [0.5, 0.6) is 5.75 Å². The molecule has 0 spiro atoms. The molecule has 1 aliphatic heterocycles. The lowest BCUT2D eigenvalue weighted by molar-refractivity contribution is -0.385. The maximum absolute atomic E-state index is 11.8. The summed E-state index contributed by atoms with van der Waals surface area (Å²) in [4.78, 5) is 24.6. The van der Waals surface area contributed by atoms with Gasteiger partial charge in [-0.3, -0.25) is 15.0 Å². The lowest BCUT2D eigenvalue weighted by Crippen LogP contribution is -2.28. The van der Waals surface area contributed by atoms with E-state index in [9.17, 15) is 14.9 Å². The fourth-order valence-corrected chi connectivity index (χ4v) is 3.52. The molecule has 2 aromatic rings. The number of nitro benzene ring substituents is 1. The van der Waals surface area contributed by atoms with Gasteiger partial charge in [0.1, 0.15) is 18.6 Å². The zero-order valence-corrected chi connectivity index (χ0v) is 15.0. The largest absolute Gasteiger partial charge is 0.488 e. The predicted octanol–water partition coefficient (Wildman–Crippen LogP) is 3.42. The molecule has 1 aliphatic rings. The summed E-state index contributed by atoms with van der Waals surface area (Å²) >= 11 is 4.49. The van der Waals surface area contributed by atoms with Gasteiger partial charge in [-0.15, -0.1) is 0 Å². The molecule has 3 rings (SSSR count). The molecule has 6 nitrogen and oxygen atoms in total. The second-order valence-corrected chi connectivity index (χ2v) is 6.96. The number of para-hydroxylation sites is 2. The molecule has 0 radical (unpaired) electrons. The van der Waals surface area contributed by atoms with Crippen molar-refractivity contribution < 1.29 is 14.5 Å². The first kappa shape index (κ1) is 18.4. The van der Waals surface area contributed by atoms with E-state index in [0.717, 1.165) is 31.4 Å². The molecule has 7 heteroatoms. The summed E-state index contributed by atoms with van der Waals surface area (Å²) in [5.74, 6) is 0.561. The number of nitro groups is 1. The van der Waals surface area contributed by atoms with Crippen LogP contribution < -0.4 is 4.74 Å². The molecule has 0 N–H and O–H groups in total. The molecule has 1 saturated heterocycles. The van der Waals surface area contributed by atoms with Crippen LogP contribution in [0.3, 0.4) is 0 Å². The standard InChI is InChI=1S/C19H20N2O4S/c22-12-18(20-10-9-15(26)11-20)16-6-2-4-8-19(16)25-13-14-5-1-3-7-17(14)21(23)24/h1-8,12,15,18,26H,9-11,13H2. The van der Waals surface area contributed by atoms with E-state index in [4.69, 9.17) is 4.74 Å². The molecule has 1 heterocycles. The number of hydrogen-bond donors (Lipinski definition) is 1. The Hall–Kier alpha value is -2.38. The summed E-state index contributed by atoms with van der Waals surface area (Å²) in [5.41, 5.74) is 1.28. The zero-order chi connectivity index (χ0) is 18.5. The van der Waals surface area contributed by atoms with Crippen molar-refractivity contribution in [2.24, 2.45) is 0 Å². The number of likely N-dealkylation sites (tertiary alicyclic amines) is 1. The Bertz CT molecular complexity index is 799. The Kier molecular flexibility index (Phi) is 5.90.